The predicted molar refractivity (Wildman–Crippen MR) is 70.5 cm³/mol. The molecule has 0 radical (unpaired) electrons. The highest BCUT2D eigenvalue weighted by molar-refractivity contribution is 6.35. The number of nitrogen functional groups attached to an aromatic ring is 1. The van der Waals surface area contributed by atoms with Crippen LogP contribution in [0.2, 0.25) is 5.02 Å². The number of hydrogen-bond acceptors (Lipinski definition) is 2. The second-order valence-corrected chi connectivity index (χ2v) is 4.24. The molecule has 0 unspecified atom stereocenters. The van der Waals surface area contributed by atoms with Gasteiger partial charge in [0.2, 0.25) is 0 Å². The van der Waals surface area contributed by atoms with E-state index in [1.54, 1.807) is 10.9 Å². The van der Waals surface area contributed by atoms with Gasteiger partial charge in [-0.05, 0) is 24.3 Å². The lowest BCUT2D eigenvalue weighted by atomic mass is 10.2. The van der Waals surface area contributed by atoms with Gasteiger partial charge in [0.15, 0.2) is 0 Å². The van der Waals surface area contributed by atoms with E-state index in [1.165, 1.54) is 0 Å². The normalized spacial score (nSPS) is 10.9. The Morgan fingerprint density at radius 3 is 2.76 bits per heavy atom. The van der Waals surface area contributed by atoms with Gasteiger partial charge in [0, 0.05) is 11.1 Å². The first-order valence-electron chi connectivity index (χ1n) is 5.24. The van der Waals surface area contributed by atoms with Gasteiger partial charge in [0.05, 0.1) is 22.4 Å². The minimum Gasteiger partial charge on any atom is -0.399 e. The predicted octanol–water partition coefficient (Wildman–Crippen LogP) is 3.26. The summed E-state index contributed by atoms with van der Waals surface area (Å²) in [5.41, 5.74) is 8.29. The van der Waals surface area contributed by atoms with Crippen LogP contribution < -0.4 is 5.73 Å². The lowest BCUT2D eigenvalue weighted by Crippen LogP contribution is -1.97. The SMILES string of the molecule is Nc1cccc(-n2ncc3cccc(Cl)c32)c1. The van der Waals surface area contributed by atoms with Crippen molar-refractivity contribution in [1.82, 2.24) is 9.78 Å². The van der Waals surface area contributed by atoms with Gasteiger partial charge in [-0.1, -0.05) is 29.8 Å². The molecule has 0 atom stereocenters. The maximum absolute atomic E-state index is 6.20. The standard InChI is InChI=1S/C13H10ClN3/c14-12-6-1-3-9-8-16-17(13(9)12)11-5-2-4-10(15)7-11/h1-8H,15H2. The lowest BCUT2D eigenvalue weighted by molar-refractivity contribution is 0.911. The van der Waals surface area contributed by atoms with Gasteiger partial charge in [-0.2, -0.15) is 5.10 Å². The highest BCUT2D eigenvalue weighted by atomic mass is 35.5. The summed E-state index contributed by atoms with van der Waals surface area (Å²) < 4.78 is 1.80. The first kappa shape index (κ1) is 10.2. The molecule has 0 saturated carbocycles. The average molecular weight is 244 g/mol. The molecule has 1 heterocycles. The molecular weight excluding hydrogens is 234 g/mol. The van der Waals surface area contributed by atoms with Crippen molar-refractivity contribution in [2.75, 3.05) is 5.73 Å². The van der Waals surface area contributed by atoms with E-state index in [0.717, 1.165) is 16.6 Å². The lowest BCUT2D eigenvalue weighted by Gasteiger charge is -2.05. The van der Waals surface area contributed by atoms with Crippen LogP contribution in [0.1, 0.15) is 0 Å². The molecule has 2 aromatic carbocycles. The molecule has 3 rings (SSSR count). The monoisotopic (exact) mass is 243 g/mol. The van der Waals surface area contributed by atoms with Crippen molar-refractivity contribution in [2.24, 2.45) is 0 Å². The summed E-state index contributed by atoms with van der Waals surface area (Å²) in [4.78, 5) is 0. The molecule has 0 saturated heterocycles. The van der Waals surface area contributed by atoms with Gasteiger partial charge in [0.25, 0.3) is 0 Å². The molecule has 3 nitrogen and oxygen atoms in total. The maximum atomic E-state index is 6.20. The zero-order chi connectivity index (χ0) is 11.8. The second kappa shape index (κ2) is 3.79. The van der Waals surface area contributed by atoms with Crippen LogP contribution in [0.15, 0.2) is 48.7 Å². The Bertz CT molecular complexity index is 688. The van der Waals surface area contributed by atoms with Crippen molar-refractivity contribution in [3.8, 4) is 5.69 Å². The molecule has 84 valence electrons. The van der Waals surface area contributed by atoms with Gasteiger partial charge in [-0.3, -0.25) is 0 Å². The van der Waals surface area contributed by atoms with E-state index >= 15 is 0 Å². The van der Waals surface area contributed by atoms with Gasteiger partial charge in [-0.25, -0.2) is 4.68 Å². The van der Waals surface area contributed by atoms with Crippen LogP contribution in [-0.4, -0.2) is 9.78 Å². The number of anilines is 1. The molecule has 0 aliphatic carbocycles. The number of rotatable bonds is 1. The number of hydrogen-bond donors (Lipinski definition) is 1. The Balaban J connectivity index is 2.31. The minimum absolute atomic E-state index is 0.683. The first-order valence-corrected chi connectivity index (χ1v) is 5.62. The number of halogens is 1. The third-order valence-electron chi connectivity index (χ3n) is 2.66. The maximum Gasteiger partial charge on any atom is 0.0927 e. The third kappa shape index (κ3) is 1.65. The topological polar surface area (TPSA) is 43.8 Å². The minimum atomic E-state index is 0.683. The van der Waals surface area contributed by atoms with E-state index in [-0.39, 0.29) is 0 Å². The fourth-order valence-electron chi connectivity index (χ4n) is 1.89. The molecule has 0 fully saturated rings. The van der Waals surface area contributed by atoms with Crippen LogP contribution in [0.3, 0.4) is 0 Å². The highest BCUT2D eigenvalue weighted by Gasteiger charge is 2.07. The van der Waals surface area contributed by atoms with E-state index in [2.05, 4.69) is 5.10 Å². The number of para-hydroxylation sites is 1. The molecule has 4 heteroatoms. The molecular formula is C13H10ClN3. The smallest absolute Gasteiger partial charge is 0.0927 e. The van der Waals surface area contributed by atoms with Crippen LogP contribution in [-0.2, 0) is 0 Å². The molecule has 0 amide bonds. The van der Waals surface area contributed by atoms with Crippen LogP contribution in [0.4, 0.5) is 5.69 Å². The van der Waals surface area contributed by atoms with E-state index in [0.29, 0.717) is 10.7 Å². The van der Waals surface area contributed by atoms with Crippen molar-refractivity contribution in [3.05, 3.63) is 53.7 Å². The molecule has 17 heavy (non-hydrogen) atoms. The Labute approximate surface area is 103 Å². The number of benzene rings is 2. The molecule has 0 spiro atoms. The zero-order valence-corrected chi connectivity index (χ0v) is 9.72. The molecule has 2 N–H and O–H groups in total. The summed E-state index contributed by atoms with van der Waals surface area (Å²) in [6.45, 7) is 0. The van der Waals surface area contributed by atoms with Gasteiger partial charge in [0.1, 0.15) is 0 Å². The van der Waals surface area contributed by atoms with Gasteiger partial charge < -0.3 is 5.73 Å². The fraction of sp³-hybridized carbons (Fsp3) is 0. The van der Waals surface area contributed by atoms with Gasteiger partial charge >= 0.3 is 0 Å². The van der Waals surface area contributed by atoms with Crippen molar-refractivity contribution in [2.45, 2.75) is 0 Å². The third-order valence-corrected chi connectivity index (χ3v) is 2.96. The molecule has 0 aliphatic rings. The summed E-state index contributed by atoms with van der Waals surface area (Å²) in [6, 6.07) is 13.3. The van der Waals surface area contributed by atoms with Crippen LogP contribution in [0.25, 0.3) is 16.6 Å². The largest absolute Gasteiger partial charge is 0.399 e. The number of fused-ring (bicyclic) bond motifs is 1. The van der Waals surface area contributed by atoms with Crippen molar-refractivity contribution < 1.29 is 0 Å². The summed E-state index contributed by atoms with van der Waals surface area (Å²) in [5, 5.41) is 6.04. The summed E-state index contributed by atoms with van der Waals surface area (Å²) in [5.74, 6) is 0. The summed E-state index contributed by atoms with van der Waals surface area (Å²) >= 11 is 6.20. The van der Waals surface area contributed by atoms with Crippen molar-refractivity contribution in [3.63, 3.8) is 0 Å². The second-order valence-electron chi connectivity index (χ2n) is 3.83. The zero-order valence-electron chi connectivity index (χ0n) is 8.97. The highest BCUT2D eigenvalue weighted by Crippen LogP contribution is 2.26. The Hall–Kier alpha value is -2.00. The number of nitrogens with two attached hydrogens (primary N) is 1. The summed E-state index contributed by atoms with van der Waals surface area (Å²) in [7, 11) is 0. The average Bonchev–Trinajstić information content (AvgIpc) is 2.74. The molecule has 0 aliphatic heterocycles. The first-order chi connectivity index (χ1) is 8.25. The Morgan fingerprint density at radius 2 is 1.94 bits per heavy atom. The molecule has 0 bridgehead atoms. The quantitative estimate of drug-likeness (QED) is 0.667. The molecule has 1 aromatic heterocycles. The van der Waals surface area contributed by atoms with Crippen molar-refractivity contribution >= 4 is 28.2 Å². The van der Waals surface area contributed by atoms with Crippen molar-refractivity contribution in [1.29, 1.82) is 0 Å². The van der Waals surface area contributed by atoms with Crippen LogP contribution in [0, 0.1) is 0 Å². The molecule has 3 aromatic rings. The summed E-state index contributed by atoms with van der Waals surface area (Å²) in [6.07, 6.45) is 1.80. The fourth-order valence-corrected chi connectivity index (χ4v) is 2.15. The Morgan fingerprint density at radius 1 is 1.12 bits per heavy atom. The van der Waals surface area contributed by atoms with Gasteiger partial charge in [-0.15, -0.1) is 0 Å². The van der Waals surface area contributed by atoms with E-state index in [4.69, 9.17) is 17.3 Å². The number of nitrogens with zero attached hydrogens (tertiary/aromatic N) is 2. The van der Waals surface area contributed by atoms with E-state index < -0.39 is 0 Å². The number of aromatic nitrogens is 2. The van der Waals surface area contributed by atoms with E-state index in [9.17, 15) is 0 Å². The Kier molecular flexibility index (Phi) is 2.27. The van der Waals surface area contributed by atoms with E-state index in [1.807, 2.05) is 42.5 Å². The van der Waals surface area contributed by atoms with Crippen LogP contribution in [0.5, 0.6) is 0 Å². The van der Waals surface area contributed by atoms with Crippen LogP contribution >= 0.6 is 11.6 Å².